The van der Waals surface area contributed by atoms with E-state index >= 15 is 0 Å². The average molecular weight is 417 g/mol. The molecule has 0 radical (unpaired) electrons. The number of thioether (sulfide) groups is 1. The fourth-order valence-corrected chi connectivity index (χ4v) is 2.76. The SMILES string of the molecule is CSc1nc(/N=C/C(C(=O)C(F)(F)F)=C(\O)c2cccs2)nc(N(C)C)n1. The monoisotopic (exact) mass is 417 g/mol. The number of aliphatic hydroxyl groups excluding tert-OH is 1. The first-order valence-electron chi connectivity index (χ1n) is 7.23. The Bertz CT molecular complexity index is 880. The van der Waals surface area contributed by atoms with E-state index in [0.717, 1.165) is 11.3 Å². The highest BCUT2D eigenvalue weighted by Gasteiger charge is 2.41. The molecule has 2 aromatic heterocycles. The van der Waals surface area contributed by atoms with Gasteiger partial charge < -0.3 is 10.0 Å². The van der Waals surface area contributed by atoms with Crippen LogP contribution >= 0.6 is 23.1 Å². The van der Waals surface area contributed by atoms with Gasteiger partial charge in [-0.1, -0.05) is 17.8 Å². The number of allylic oxidation sites excluding steroid dienone is 1. The molecular weight excluding hydrogens is 403 g/mol. The number of alkyl halides is 3. The molecule has 2 heterocycles. The molecule has 0 aliphatic heterocycles. The lowest BCUT2D eigenvalue weighted by atomic mass is 10.1. The molecule has 0 unspecified atom stereocenters. The van der Waals surface area contributed by atoms with Gasteiger partial charge in [-0.15, -0.1) is 11.3 Å². The second-order valence-corrected chi connectivity index (χ2v) is 6.86. The van der Waals surface area contributed by atoms with Crippen LogP contribution in [0.15, 0.2) is 33.2 Å². The van der Waals surface area contributed by atoms with E-state index in [1.54, 1.807) is 30.6 Å². The van der Waals surface area contributed by atoms with Crippen LogP contribution in [0.1, 0.15) is 4.88 Å². The van der Waals surface area contributed by atoms with E-state index in [2.05, 4.69) is 19.9 Å². The van der Waals surface area contributed by atoms with Crippen LogP contribution < -0.4 is 4.90 Å². The molecule has 2 aromatic rings. The van der Waals surface area contributed by atoms with Gasteiger partial charge in [0.2, 0.25) is 5.95 Å². The minimum Gasteiger partial charge on any atom is -0.506 e. The first kappa shape index (κ1) is 20.8. The van der Waals surface area contributed by atoms with Crippen molar-refractivity contribution in [2.45, 2.75) is 11.3 Å². The van der Waals surface area contributed by atoms with Gasteiger partial charge in [0.05, 0.1) is 10.5 Å². The molecule has 0 atom stereocenters. The summed E-state index contributed by atoms with van der Waals surface area (Å²) in [4.78, 5) is 29.2. The lowest BCUT2D eigenvalue weighted by molar-refractivity contribution is -0.165. The number of aliphatic imine (C=N–C) groups is 1. The zero-order valence-corrected chi connectivity index (χ0v) is 16.0. The number of ketones is 1. The van der Waals surface area contributed by atoms with Crippen molar-refractivity contribution < 1.29 is 23.1 Å². The summed E-state index contributed by atoms with van der Waals surface area (Å²) in [6.07, 6.45) is -2.85. The molecule has 12 heteroatoms. The Morgan fingerprint density at radius 1 is 1.33 bits per heavy atom. The van der Waals surface area contributed by atoms with Crippen molar-refractivity contribution in [1.82, 2.24) is 15.0 Å². The van der Waals surface area contributed by atoms with E-state index in [4.69, 9.17) is 0 Å². The maximum absolute atomic E-state index is 12.9. The Labute approximate surface area is 160 Å². The van der Waals surface area contributed by atoms with E-state index in [0.29, 0.717) is 11.4 Å². The summed E-state index contributed by atoms with van der Waals surface area (Å²) in [5, 5.41) is 12.0. The van der Waals surface area contributed by atoms with Gasteiger partial charge in [0.15, 0.2) is 5.16 Å². The highest BCUT2D eigenvalue weighted by atomic mass is 32.2. The van der Waals surface area contributed by atoms with Crippen LogP contribution in [0.3, 0.4) is 0 Å². The molecular formula is C15H14F3N5O2S2. The lowest BCUT2D eigenvalue weighted by Gasteiger charge is -2.10. The Morgan fingerprint density at radius 2 is 2.04 bits per heavy atom. The molecule has 0 bridgehead atoms. The number of carbonyl (C=O) groups is 1. The number of hydrogen-bond donors (Lipinski definition) is 1. The molecule has 0 aromatic carbocycles. The molecule has 7 nitrogen and oxygen atoms in total. The smallest absolute Gasteiger partial charge is 0.455 e. The molecule has 0 spiro atoms. The van der Waals surface area contributed by atoms with Crippen LogP contribution in [0.25, 0.3) is 5.76 Å². The van der Waals surface area contributed by atoms with Crippen molar-refractivity contribution in [1.29, 1.82) is 0 Å². The molecule has 0 saturated heterocycles. The predicted octanol–water partition coefficient (Wildman–Crippen LogP) is 3.52. The zero-order chi connectivity index (χ0) is 20.2. The molecule has 0 amide bonds. The van der Waals surface area contributed by atoms with Crippen LogP contribution in [0.4, 0.5) is 25.1 Å². The quantitative estimate of drug-likeness (QED) is 0.333. The number of thiophene rings is 1. The zero-order valence-electron chi connectivity index (χ0n) is 14.4. The largest absolute Gasteiger partial charge is 0.506 e. The molecule has 0 fully saturated rings. The second-order valence-electron chi connectivity index (χ2n) is 5.14. The summed E-state index contributed by atoms with van der Waals surface area (Å²) in [6, 6.07) is 2.92. The third-order valence-electron chi connectivity index (χ3n) is 2.99. The number of aliphatic hydroxyl groups is 1. The summed E-state index contributed by atoms with van der Waals surface area (Å²) < 4.78 is 38.7. The Kier molecular flexibility index (Phi) is 6.54. The maximum Gasteiger partial charge on any atom is 0.455 e. The van der Waals surface area contributed by atoms with Gasteiger partial charge in [-0.25, -0.2) is 4.99 Å². The third-order valence-corrected chi connectivity index (χ3v) is 4.42. The topological polar surface area (TPSA) is 91.6 Å². The number of nitrogens with zero attached hydrogens (tertiary/aromatic N) is 5. The van der Waals surface area contributed by atoms with Crippen molar-refractivity contribution in [3.63, 3.8) is 0 Å². The minimum atomic E-state index is -5.18. The Hall–Kier alpha value is -2.47. The van der Waals surface area contributed by atoms with Crippen LogP contribution in [0.5, 0.6) is 0 Å². The van der Waals surface area contributed by atoms with Crippen molar-refractivity contribution in [2.75, 3.05) is 25.3 Å². The Morgan fingerprint density at radius 3 is 2.56 bits per heavy atom. The fraction of sp³-hybridized carbons (Fsp3) is 0.267. The number of carbonyl (C=O) groups excluding carboxylic acids is 1. The van der Waals surface area contributed by atoms with E-state index in [1.807, 2.05) is 0 Å². The average Bonchev–Trinajstić information content (AvgIpc) is 3.15. The number of anilines is 1. The summed E-state index contributed by atoms with van der Waals surface area (Å²) in [5.41, 5.74) is -0.998. The van der Waals surface area contributed by atoms with Crippen LogP contribution in [0, 0.1) is 0 Å². The van der Waals surface area contributed by atoms with Crippen LogP contribution in [-0.2, 0) is 4.79 Å². The van der Waals surface area contributed by atoms with Crippen molar-refractivity contribution >= 4 is 52.8 Å². The summed E-state index contributed by atoms with van der Waals surface area (Å²) in [5.74, 6) is -2.98. The van der Waals surface area contributed by atoms with Gasteiger partial charge in [-0.2, -0.15) is 28.1 Å². The number of rotatable bonds is 6. The third kappa shape index (κ3) is 5.26. The van der Waals surface area contributed by atoms with E-state index in [1.165, 1.54) is 23.9 Å². The number of aromatic nitrogens is 3. The first-order chi connectivity index (χ1) is 12.6. The summed E-state index contributed by atoms with van der Waals surface area (Å²) in [6.45, 7) is 0. The second kappa shape index (κ2) is 8.48. The normalized spacial score (nSPS) is 13.0. The number of halogens is 3. The van der Waals surface area contributed by atoms with Gasteiger partial charge in [0.25, 0.3) is 11.7 Å². The fourth-order valence-electron chi connectivity index (χ4n) is 1.73. The lowest BCUT2D eigenvalue weighted by Crippen LogP contribution is -2.26. The molecule has 0 saturated carbocycles. The molecule has 0 aliphatic carbocycles. The van der Waals surface area contributed by atoms with Gasteiger partial charge in [-0.05, 0) is 17.7 Å². The molecule has 27 heavy (non-hydrogen) atoms. The molecule has 144 valence electrons. The highest BCUT2D eigenvalue weighted by molar-refractivity contribution is 7.98. The van der Waals surface area contributed by atoms with Gasteiger partial charge in [0, 0.05) is 20.3 Å². The van der Waals surface area contributed by atoms with E-state index in [-0.39, 0.29) is 16.8 Å². The standard InChI is InChI=1S/C15H14F3N5O2S2/c1-23(2)13-20-12(21-14(22-13)26-3)19-7-8(11(25)15(16,17)18)10(24)9-5-4-6-27-9/h4-7,24H,1-3H3/b10-8+,19-7+. The molecule has 2 rings (SSSR count). The number of Topliss-reactive ketones (excluding diaryl/α,β-unsaturated/α-hetero) is 1. The van der Waals surface area contributed by atoms with Crippen LogP contribution in [0.2, 0.25) is 0 Å². The van der Waals surface area contributed by atoms with Crippen molar-refractivity contribution in [2.24, 2.45) is 4.99 Å². The maximum atomic E-state index is 12.9. The minimum absolute atomic E-state index is 0.100. The van der Waals surface area contributed by atoms with Gasteiger partial charge >= 0.3 is 6.18 Å². The van der Waals surface area contributed by atoms with Crippen LogP contribution in [-0.4, -0.2) is 58.6 Å². The predicted molar refractivity (Wildman–Crippen MR) is 99.0 cm³/mol. The van der Waals surface area contributed by atoms with E-state index < -0.39 is 23.3 Å². The van der Waals surface area contributed by atoms with E-state index in [9.17, 15) is 23.1 Å². The van der Waals surface area contributed by atoms with Gasteiger partial charge in [0.1, 0.15) is 5.76 Å². The Balaban J connectivity index is 2.52. The number of hydrogen-bond acceptors (Lipinski definition) is 9. The van der Waals surface area contributed by atoms with Crippen molar-refractivity contribution in [3.8, 4) is 0 Å². The highest BCUT2D eigenvalue weighted by Crippen LogP contribution is 2.27. The molecule has 0 aliphatic rings. The summed E-state index contributed by atoms with van der Waals surface area (Å²) in [7, 11) is 3.35. The molecule has 1 N–H and O–H groups in total. The first-order valence-corrected chi connectivity index (χ1v) is 9.34. The summed E-state index contributed by atoms with van der Waals surface area (Å²) >= 11 is 2.18. The van der Waals surface area contributed by atoms with Gasteiger partial charge in [-0.3, -0.25) is 4.79 Å². The van der Waals surface area contributed by atoms with Crippen molar-refractivity contribution in [3.05, 3.63) is 28.0 Å².